The molecule has 0 aromatic heterocycles. The van der Waals surface area contributed by atoms with Gasteiger partial charge in [-0.05, 0) is 32.0 Å². The van der Waals surface area contributed by atoms with E-state index in [0.717, 1.165) is 18.7 Å². The maximum absolute atomic E-state index is 13.2. The maximum Gasteiger partial charge on any atom is 0.242 e. The number of hydrogen-bond acceptors (Lipinski definition) is 4. The Morgan fingerprint density at radius 2 is 2.18 bits per heavy atom. The van der Waals surface area contributed by atoms with Crippen LogP contribution in [0.5, 0.6) is 0 Å². The van der Waals surface area contributed by atoms with Crippen LogP contribution in [-0.4, -0.2) is 51.7 Å². The molecule has 0 spiro atoms. The molecule has 8 heteroatoms. The molecule has 1 N–H and O–H groups in total. The summed E-state index contributed by atoms with van der Waals surface area (Å²) < 4.78 is 45.5. The maximum atomic E-state index is 13.2. The topological polar surface area (TPSA) is 58.6 Å². The second-order valence-electron chi connectivity index (χ2n) is 5.82. The van der Waals surface area contributed by atoms with Gasteiger partial charge >= 0.3 is 0 Å². The molecule has 1 aliphatic heterocycles. The average Bonchev–Trinajstić information content (AvgIpc) is 2.43. The first-order valence-electron chi connectivity index (χ1n) is 7.00. The van der Waals surface area contributed by atoms with Gasteiger partial charge in [-0.3, -0.25) is 4.90 Å². The molecular weight excluding hydrogens is 331 g/mol. The Kier molecular flexibility index (Phi) is 5.45. The molecule has 0 aliphatic carbocycles. The number of benzene rings is 1. The highest BCUT2D eigenvalue weighted by Crippen LogP contribution is 2.22. The molecule has 1 aromatic rings. The van der Waals surface area contributed by atoms with Crippen LogP contribution in [0, 0.1) is 5.82 Å². The molecule has 22 heavy (non-hydrogen) atoms. The van der Waals surface area contributed by atoms with Crippen molar-refractivity contribution in [3.05, 3.63) is 29.0 Å². The van der Waals surface area contributed by atoms with Crippen molar-refractivity contribution in [3.63, 3.8) is 0 Å². The lowest BCUT2D eigenvalue weighted by Crippen LogP contribution is -2.54. The smallest absolute Gasteiger partial charge is 0.242 e. The molecule has 0 unspecified atom stereocenters. The van der Waals surface area contributed by atoms with Gasteiger partial charge in [0.05, 0.1) is 18.2 Å². The SMILES string of the molecule is CC1(C)COCCN1CCNS(=O)(=O)c1cc(F)ccc1Cl. The highest BCUT2D eigenvalue weighted by Gasteiger charge is 2.30. The van der Waals surface area contributed by atoms with Gasteiger partial charge in [-0.1, -0.05) is 11.6 Å². The lowest BCUT2D eigenvalue weighted by atomic mass is 10.0. The summed E-state index contributed by atoms with van der Waals surface area (Å²) in [5.41, 5.74) is -0.139. The Labute approximate surface area is 135 Å². The van der Waals surface area contributed by atoms with Crippen LogP contribution >= 0.6 is 11.6 Å². The fraction of sp³-hybridized carbons (Fsp3) is 0.571. The number of nitrogens with one attached hydrogen (secondary N) is 1. The second kappa shape index (κ2) is 6.80. The number of morpholine rings is 1. The molecule has 1 aliphatic rings. The zero-order valence-corrected chi connectivity index (χ0v) is 14.2. The van der Waals surface area contributed by atoms with Crippen molar-refractivity contribution in [2.24, 2.45) is 0 Å². The van der Waals surface area contributed by atoms with E-state index in [1.54, 1.807) is 0 Å². The molecular formula is C14H20ClFN2O3S. The minimum Gasteiger partial charge on any atom is -0.378 e. The van der Waals surface area contributed by atoms with Crippen LogP contribution in [0.25, 0.3) is 0 Å². The summed E-state index contributed by atoms with van der Waals surface area (Å²) in [4.78, 5) is 1.92. The molecule has 1 aromatic carbocycles. The largest absolute Gasteiger partial charge is 0.378 e. The first kappa shape index (κ1) is 17.6. The minimum absolute atomic E-state index is 0.000558. The summed E-state index contributed by atoms with van der Waals surface area (Å²) in [6, 6.07) is 3.28. The van der Waals surface area contributed by atoms with E-state index >= 15 is 0 Å². The summed E-state index contributed by atoms with van der Waals surface area (Å²) in [5.74, 6) is -0.640. The van der Waals surface area contributed by atoms with Gasteiger partial charge in [0.25, 0.3) is 0 Å². The molecule has 124 valence electrons. The van der Waals surface area contributed by atoms with Crippen molar-refractivity contribution >= 4 is 21.6 Å². The van der Waals surface area contributed by atoms with Crippen molar-refractivity contribution in [1.82, 2.24) is 9.62 Å². The molecule has 0 radical (unpaired) electrons. The summed E-state index contributed by atoms with van der Waals surface area (Å²) >= 11 is 5.84. The molecule has 2 rings (SSSR count). The predicted molar refractivity (Wildman–Crippen MR) is 83.1 cm³/mol. The molecule has 1 saturated heterocycles. The third-order valence-electron chi connectivity index (χ3n) is 3.67. The third kappa shape index (κ3) is 4.17. The zero-order valence-electron chi connectivity index (χ0n) is 12.6. The summed E-state index contributed by atoms with van der Waals surface area (Å²) in [6.45, 7) is 6.84. The van der Waals surface area contributed by atoms with Crippen molar-refractivity contribution < 1.29 is 17.5 Å². The van der Waals surface area contributed by atoms with E-state index in [4.69, 9.17) is 16.3 Å². The van der Waals surface area contributed by atoms with E-state index in [1.807, 2.05) is 13.8 Å². The number of rotatable bonds is 5. The normalized spacial score (nSPS) is 19.3. The lowest BCUT2D eigenvalue weighted by Gasteiger charge is -2.42. The molecule has 5 nitrogen and oxygen atoms in total. The van der Waals surface area contributed by atoms with Gasteiger partial charge in [-0.15, -0.1) is 0 Å². The zero-order chi connectivity index (χ0) is 16.4. The number of ether oxygens (including phenoxy) is 1. The first-order chi connectivity index (χ1) is 10.2. The van der Waals surface area contributed by atoms with E-state index in [2.05, 4.69) is 9.62 Å². The Hall–Kier alpha value is -0.730. The highest BCUT2D eigenvalue weighted by atomic mass is 35.5. The minimum atomic E-state index is -3.83. The van der Waals surface area contributed by atoms with Gasteiger partial charge in [0, 0.05) is 25.2 Å². The number of hydrogen-bond donors (Lipinski definition) is 1. The van der Waals surface area contributed by atoms with Gasteiger partial charge in [0.15, 0.2) is 0 Å². The average molecular weight is 351 g/mol. The highest BCUT2D eigenvalue weighted by molar-refractivity contribution is 7.89. The van der Waals surface area contributed by atoms with Crippen LogP contribution in [0.2, 0.25) is 5.02 Å². The lowest BCUT2D eigenvalue weighted by molar-refractivity contribution is -0.0495. The Balaban J connectivity index is 2.00. The molecule has 1 fully saturated rings. The van der Waals surface area contributed by atoms with Crippen LogP contribution in [0.15, 0.2) is 23.1 Å². The van der Waals surface area contributed by atoms with Crippen LogP contribution in [0.1, 0.15) is 13.8 Å². The monoisotopic (exact) mass is 350 g/mol. The van der Waals surface area contributed by atoms with Gasteiger partial charge < -0.3 is 4.74 Å². The Bertz CT molecular complexity index is 637. The van der Waals surface area contributed by atoms with Gasteiger partial charge in [-0.25, -0.2) is 17.5 Å². The van der Waals surface area contributed by atoms with Crippen molar-refractivity contribution in [2.45, 2.75) is 24.3 Å². The number of sulfonamides is 1. The summed E-state index contributed by atoms with van der Waals surface area (Å²) in [5, 5.41) is 0.000558. The van der Waals surface area contributed by atoms with E-state index in [0.29, 0.717) is 19.8 Å². The van der Waals surface area contributed by atoms with Gasteiger partial charge in [0.2, 0.25) is 10.0 Å². The number of nitrogens with zero attached hydrogens (tertiary/aromatic N) is 1. The third-order valence-corrected chi connectivity index (χ3v) is 5.62. The molecule has 1 heterocycles. The molecule has 0 atom stereocenters. The Morgan fingerprint density at radius 3 is 2.86 bits per heavy atom. The predicted octanol–water partition coefficient (Wildman–Crippen LogP) is 1.87. The molecule has 0 amide bonds. The number of halogens is 2. The Morgan fingerprint density at radius 1 is 1.45 bits per heavy atom. The second-order valence-corrected chi connectivity index (χ2v) is 7.97. The van der Waals surface area contributed by atoms with E-state index in [9.17, 15) is 12.8 Å². The summed E-state index contributed by atoms with van der Waals surface area (Å²) in [7, 11) is -3.83. The first-order valence-corrected chi connectivity index (χ1v) is 8.86. The summed E-state index contributed by atoms with van der Waals surface area (Å²) in [6.07, 6.45) is 0. The molecule has 0 bridgehead atoms. The van der Waals surface area contributed by atoms with E-state index < -0.39 is 15.8 Å². The fourth-order valence-electron chi connectivity index (χ4n) is 2.38. The standard InChI is InChI=1S/C14H20ClFN2O3S/c1-14(2)10-21-8-7-18(14)6-5-17-22(19,20)13-9-11(16)3-4-12(13)15/h3-4,9,17H,5-8,10H2,1-2H3. The van der Waals surface area contributed by atoms with Crippen LogP contribution in [0.3, 0.4) is 0 Å². The van der Waals surface area contributed by atoms with Crippen LogP contribution < -0.4 is 4.72 Å². The fourth-order valence-corrected chi connectivity index (χ4v) is 3.91. The quantitative estimate of drug-likeness (QED) is 0.880. The van der Waals surface area contributed by atoms with Crippen molar-refractivity contribution in [2.75, 3.05) is 32.8 Å². The van der Waals surface area contributed by atoms with Crippen molar-refractivity contribution in [3.8, 4) is 0 Å². The van der Waals surface area contributed by atoms with E-state index in [1.165, 1.54) is 6.07 Å². The van der Waals surface area contributed by atoms with Crippen LogP contribution in [-0.2, 0) is 14.8 Å². The molecule has 0 saturated carbocycles. The van der Waals surface area contributed by atoms with Crippen molar-refractivity contribution in [1.29, 1.82) is 0 Å². The van der Waals surface area contributed by atoms with Crippen LogP contribution in [0.4, 0.5) is 4.39 Å². The van der Waals surface area contributed by atoms with E-state index in [-0.39, 0.29) is 22.0 Å². The van der Waals surface area contributed by atoms with Gasteiger partial charge in [-0.2, -0.15) is 0 Å². The van der Waals surface area contributed by atoms with Gasteiger partial charge in [0.1, 0.15) is 10.7 Å².